The fraction of sp³-hybridized carbons (Fsp3) is 1.00. The number of hydrogen-bond acceptors (Lipinski definition) is 3. The van der Waals surface area contributed by atoms with E-state index in [1.807, 2.05) is 0 Å². The Labute approximate surface area is 98.9 Å². The van der Waals surface area contributed by atoms with Gasteiger partial charge in [-0.3, -0.25) is 0 Å². The first kappa shape index (κ1) is 12.3. The monoisotopic (exact) mass is 227 g/mol. The second kappa shape index (κ2) is 7.25. The van der Waals surface area contributed by atoms with Crippen LogP contribution in [0.15, 0.2) is 0 Å². The van der Waals surface area contributed by atoms with Crippen molar-refractivity contribution in [1.29, 1.82) is 0 Å². The molecule has 0 bridgehead atoms. The number of nitrogens with one attached hydrogen (secondary N) is 1. The van der Waals surface area contributed by atoms with Crippen LogP contribution in [0.1, 0.15) is 38.5 Å². The van der Waals surface area contributed by atoms with Gasteiger partial charge in [-0.05, 0) is 25.3 Å². The normalized spacial score (nSPS) is 28.9. The molecule has 0 radical (unpaired) electrons. The molecule has 1 atom stereocenters. The molecular weight excluding hydrogens is 202 g/mol. The average Bonchev–Trinajstić information content (AvgIpc) is 2.59. The quantitative estimate of drug-likeness (QED) is 0.745. The molecule has 94 valence electrons. The van der Waals surface area contributed by atoms with Crippen LogP contribution in [0.4, 0.5) is 0 Å². The van der Waals surface area contributed by atoms with Crippen LogP contribution < -0.4 is 5.32 Å². The highest BCUT2D eigenvalue weighted by Gasteiger charge is 2.15. The third-order valence-electron chi connectivity index (χ3n) is 3.66. The Bertz CT molecular complexity index is 173. The van der Waals surface area contributed by atoms with Gasteiger partial charge < -0.3 is 14.8 Å². The third kappa shape index (κ3) is 4.40. The Kier molecular flexibility index (Phi) is 5.59. The van der Waals surface area contributed by atoms with Crippen molar-refractivity contribution in [3.63, 3.8) is 0 Å². The summed E-state index contributed by atoms with van der Waals surface area (Å²) in [4.78, 5) is 0. The minimum atomic E-state index is 0.277. The van der Waals surface area contributed by atoms with E-state index in [4.69, 9.17) is 9.47 Å². The molecule has 0 aromatic rings. The molecule has 1 saturated carbocycles. The molecule has 1 saturated heterocycles. The van der Waals surface area contributed by atoms with E-state index in [0.29, 0.717) is 0 Å². The van der Waals surface area contributed by atoms with Crippen LogP contribution in [0.25, 0.3) is 0 Å². The van der Waals surface area contributed by atoms with E-state index in [2.05, 4.69) is 5.32 Å². The second-order valence-corrected chi connectivity index (χ2v) is 5.08. The maximum atomic E-state index is 5.60. The van der Waals surface area contributed by atoms with Gasteiger partial charge >= 0.3 is 0 Å². The zero-order valence-corrected chi connectivity index (χ0v) is 10.2. The molecule has 0 amide bonds. The summed E-state index contributed by atoms with van der Waals surface area (Å²) in [5.41, 5.74) is 0. The van der Waals surface area contributed by atoms with Gasteiger partial charge in [0.2, 0.25) is 0 Å². The smallest absolute Gasteiger partial charge is 0.0933 e. The van der Waals surface area contributed by atoms with E-state index in [9.17, 15) is 0 Å². The van der Waals surface area contributed by atoms with E-state index in [0.717, 1.165) is 32.3 Å². The first-order valence-corrected chi connectivity index (χ1v) is 6.85. The van der Waals surface area contributed by atoms with E-state index < -0.39 is 0 Å². The summed E-state index contributed by atoms with van der Waals surface area (Å²) in [5.74, 6) is 0.895. The predicted octanol–water partition coefficient (Wildman–Crippen LogP) is 1.96. The Balaban J connectivity index is 1.55. The van der Waals surface area contributed by atoms with E-state index in [1.165, 1.54) is 45.1 Å². The van der Waals surface area contributed by atoms with Gasteiger partial charge in [0.1, 0.15) is 0 Å². The largest absolute Gasteiger partial charge is 0.376 e. The maximum Gasteiger partial charge on any atom is 0.0933 e. The summed E-state index contributed by atoms with van der Waals surface area (Å²) in [6, 6.07) is 0. The minimum absolute atomic E-state index is 0.277. The van der Waals surface area contributed by atoms with Crippen LogP contribution in [-0.4, -0.2) is 39.0 Å². The van der Waals surface area contributed by atoms with Crippen molar-refractivity contribution in [2.45, 2.75) is 44.6 Å². The van der Waals surface area contributed by atoms with E-state index in [-0.39, 0.29) is 6.10 Å². The fourth-order valence-electron chi connectivity index (χ4n) is 2.67. The molecule has 3 heteroatoms. The van der Waals surface area contributed by atoms with Gasteiger partial charge in [0, 0.05) is 6.54 Å². The molecule has 3 nitrogen and oxygen atoms in total. The summed E-state index contributed by atoms with van der Waals surface area (Å²) < 4.78 is 11.0. The first-order valence-electron chi connectivity index (χ1n) is 6.85. The molecule has 0 aromatic heterocycles. The Hall–Kier alpha value is -0.120. The topological polar surface area (TPSA) is 30.5 Å². The van der Waals surface area contributed by atoms with Crippen molar-refractivity contribution in [3.8, 4) is 0 Å². The van der Waals surface area contributed by atoms with Crippen molar-refractivity contribution in [2.75, 3.05) is 32.9 Å². The van der Waals surface area contributed by atoms with Gasteiger partial charge in [-0.25, -0.2) is 0 Å². The van der Waals surface area contributed by atoms with Crippen LogP contribution in [0.2, 0.25) is 0 Å². The lowest BCUT2D eigenvalue weighted by Gasteiger charge is -2.24. The van der Waals surface area contributed by atoms with Crippen molar-refractivity contribution in [1.82, 2.24) is 5.32 Å². The highest BCUT2D eigenvalue weighted by Crippen LogP contribution is 2.21. The van der Waals surface area contributed by atoms with Crippen LogP contribution in [0.3, 0.4) is 0 Å². The van der Waals surface area contributed by atoms with Crippen LogP contribution in [-0.2, 0) is 9.47 Å². The molecule has 1 N–H and O–H groups in total. The fourth-order valence-corrected chi connectivity index (χ4v) is 2.67. The molecule has 0 spiro atoms. The molecular formula is C13H25NO2. The average molecular weight is 227 g/mol. The molecule has 2 aliphatic rings. The molecule has 0 aromatic carbocycles. The molecule has 2 rings (SSSR count). The zero-order chi connectivity index (χ0) is 11.1. The van der Waals surface area contributed by atoms with E-state index in [1.54, 1.807) is 0 Å². The minimum Gasteiger partial charge on any atom is -0.376 e. The number of rotatable bonds is 4. The zero-order valence-electron chi connectivity index (χ0n) is 10.2. The van der Waals surface area contributed by atoms with Gasteiger partial charge in [-0.15, -0.1) is 0 Å². The number of ether oxygens (including phenoxy) is 2. The van der Waals surface area contributed by atoms with Gasteiger partial charge in [-0.2, -0.15) is 0 Å². The van der Waals surface area contributed by atoms with Crippen molar-refractivity contribution < 1.29 is 9.47 Å². The van der Waals surface area contributed by atoms with Gasteiger partial charge in [-0.1, -0.05) is 25.7 Å². The second-order valence-electron chi connectivity index (χ2n) is 5.08. The number of hydrogen-bond donors (Lipinski definition) is 1. The predicted molar refractivity (Wildman–Crippen MR) is 64.6 cm³/mol. The Morgan fingerprint density at radius 2 is 1.75 bits per heavy atom. The lowest BCUT2D eigenvalue weighted by atomic mass is 10.0. The molecule has 16 heavy (non-hydrogen) atoms. The van der Waals surface area contributed by atoms with Crippen LogP contribution >= 0.6 is 0 Å². The maximum absolute atomic E-state index is 5.60. The van der Waals surface area contributed by atoms with Gasteiger partial charge in [0.15, 0.2) is 0 Å². The highest BCUT2D eigenvalue weighted by atomic mass is 16.6. The van der Waals surface area contributed by atoms with E-state index >= 15 is 0 Å². The molecule has 1 heterocycles. The lowest BCUT2D eigenvalue weighted by Crippen LogP contribution is -2.38. The highest BCUT2D eigenvalue weighted by molar-refractivity contribution is 4.70. The van der Waals surface area contributed by atoms with Crippen LogP contribution in [0, 0.1) is 5.92 Å². The SMILES string of the molecule is C1CCCC(CNCC2COCCO2)CC1. The summed E-state index contributed by atoms with van der Waals surface area (Å²) >= 11 is 0. The standard InChI is InChI=1S/C13H25NO2/c1-2-4-6-12(5-3-1)9-14-10-13-11-15-7-8-16-13/h12-14H,1-11H2. The van der Waals surface area contributed by atoms with Gasteiger partial charge in [0.25, 0.3) is 0 Å². The Morgan fingerprint density at radius 1 is 0.938 bits per heavy atom. The summed E-state index contributed by atoms with van der Waals surface area (Å²) in [7, 11) is 0. The summed E-state index contributed by atoms with van der Waals surface area (Å²) in [5, 5.41) is 3.55. The molecule has 2 fully saturated rings. The van der Waals surface area contributed by atoms with Crippen LogP contribution in [0.5, 0.6) is 0 Å². The lowest BCUT2D eigenvalue weighted by molar-refractivity contribution is -0.0865. The van der Waals surface area contributed by atoms with Crippen molar-refractivity contribution in [3.05, 3.63) is 0 Å². The molecule has 1 aliphatic carbocycles. The van der Waals surface area contributed by atoms with Crippen molar-refractivity contribution in [2.24, 2.45) is 5.92 Å². The van der Waals surface area contributed by atoms with Gasteiger partial charge in [0.05, 0.1) is 25.9 Å². The summed E-state index contributed by atoms with van der Waals surface area (Å²) in [6.45, 7) is 4.41. The summed E-state index contributed by atoms with van der Waals surface area (Å²) in [6.07, 6.45) is 8.83. The van der Waals surface area contributed by atoms with Crippen molar-refractivity contribution >= 4 is 0 Å². The molecule has 1 aliphatic heterocycles. The first-order chi connectivity index (χ1) is 7.95. The molecule has 1 unspecified atom stereocenters. The Morgan fingerprint density at radius 3 is 2.44 bits per heavy atom. The third-order valence-corrected chi connectivity index (χ3v) is 3.66.